The third kappa shape index (κ3) is 3.12. The number of aromatic nitrogens is 5. The van der Waals surface area contributed by atoms with Crippen LogP contribution in [0.25, 0.3) is 16.2 Å². The molecule has 0 radical (unpaired) electrons. The number of halogens is 1. The van der Waals surface area contributed by atoms with Gasteiger partial charge in [0.2, 0.25) is 10.1 Å². The quantitative estimate of drug-likeness (QED) is 0.517. The van der Waals surface area contributed by atoms with Crippen LogP contribution in [0.4, 0.5) is 5.13 Å². The lowest BCUT2D eigenvalue weighted by Crippen LogP contribution is -2.07. The lowest BCUT2D eigenvalue weighted by Gasteiger charge is -2.03. The van der Waals surface area contributed by atoms with Gasteiger partial charge in [0.05, 0.1) is 11.9 Å². The van der Waals surface area contributed by atoms with Gasteiger partial charge < -0.3 is 4.90 Å². The minimum absolute atomic E-state index is 0.714. The van der Waals surface area contributed by atoms with E-state index in [1.165, 1.54) is 23.1 Å². The summed E-state index contributed by atoms with van der Waals surface area (Å²) in [6.07, 6.45) is 1.92. The van der Waals surface area contributed by atoms with Gasteiger partial charge in [0.25, 0.3) is 0 Å². The number of benzene rings is 1. The molecule has 0 spiro atoms. The lowest BCUT2D eigenvalue weighted by molar-refractivity contribution is 0.912. The summed E-state index contributed by atoms with van der Waals surface area (Å²) in [5, 5.41) is 14.5. The molecular formula is C14H11ClN6S3. The minimum Gasteiger partial charge on any atom is -0.353 e. The van der Waals surface area contributed by atoms with Crippen molar-refractivity contribution in [1.82, 2.24) is 24.8 Å². The monoisotopic (exact) mass is 394 g/mol. The van der Waals surface area contributed by atoms with Gasteiger partial charge in [0, 0.05) is 24.7 Å². The lowest BCUT2D eigenvalue weighted by atomic mass is 10.2. The maximum absolute atomic E-state index is 5.92. The summed E-state index contributed by atoms with van der Waals surface area (Å²) in [4.78, 5) is 7.42. The van der Waals surface area contributed by atoms with Gasteiger partial charge in [-0.1, -0.05) is 46.4 Å². The average Bonchev–Trinajstić information content (AvgIpc) is 3.23. The fourth-order valence-electron chi connectivity index (χ4n) is 1.98. The number of hydrogen-bond donors (Lipinski definition) is 0. The molecule has 0 aliphatic rings. The van der Waals surface area contributed by atoms with E-state index in [1.807, 2.05) is 49.5 Å². The van der Waals surface area contributed by atoms with Crippen molar-refractivity contribution in [1.29, 1.82) is 0 Å². The molecule has 0 saturated carbocycles. The van der Waals surface area contributed by atoms with Crippen molar-refractivity contribution in [3.05, 3.63) is 35.5 Å². The van der Waals surface area contributed by atoms with E-state index in [9.17, 15) is 0 Å². The number of imidazole rings is 1. The number of hydrogen-bond acceptors (Lipinski definition) is 8. The predicted molar refractivity (Wildman–Crippen MR) is 99.7 cm³/mol. The molecule has 4 aromatic rings. The van der Waals surface area contributed by atoms with E-state index >= 15 is 0 Å². The van der Waals surface area contributed by atoms with Gasteiger partial charge in [-0.2, -0.15) is 0 Å². The molecule has 0 aliphatic carbocycles. The first-order valence-corrected chi connectivity index (χ1v) is 9.72. The summed E-state index contributed by atoms with van der Waals surface area (Å²) in [6, 6.07) is 7.62. The van der Waals surface area contributed by atoms with Gasteiger partial charge in [0.1, 0.15) is 0 Å². The van der Waals surface area contributed by atoms with Crippen LogP contribution < -0.4 is 4.90 Å². The van der Waals surface area contributed by atoms with Crippen LogP contribution in [0.5, 0.6) is 0 Å². The molecule has 122 valence electrons. The fourth-order valence-corrected chi connectivity index (χ4v) is 5.00. The third-order valence-electron chi connectivity index (χ3n) is 3.12. The van der Waals surface area contributed by atoms with Crippen LogP contribution in [0.1, 0.15) is 0 Å². The van der Waals surface area contributed by atoms with E-state index in [-0.39, 0.29) is 0 Å². The summed E-state index contributed by atoms with van der Waals surface area (Å²) < 4.78 is 3.56. The topological polar surface area (TPSA) is 59.2 Å². The molecule has 0 fully saturated rings. The predicted octanol–water partition coefficient (Wildman–Crippen LogP) is 4.18. The molecule has 4 rings (SSSR count). The molecule has 0 saturated heterocycles. The normalized spacial score (nSPS) is 11.3. The number of anilines is 1. The summed E-state index contributed by atoms with van der Waals surface area (Å²) in [5.74, 6) is 0. The molecule has 1 aromatic carbocycles. The molecule has 0 aliphatic heterocycles. The van der Waals surface area contributed by atoms with Gasteiger partial charge in [-0.3, -0.25) is 0 Å². The number of rotatable bonds is 4. The zero-order chi connectivity index (χ0) is 16.7. The van der Waals surface area contributed by atoms with Crippen LogP contribution >= 0.6 is 46.0 Å². The van der Waals surface area contributed by atoms with Crippen molar-refractivity contribution < 1.29 is 0 Å². The van der Waals surface area contributed by atoms with E-state index in [0.717, 1.165) is 30.0 Å². The van der Waals surface area contributed by atoms with Crippen molar-refractivity contribution in [3.8, 4) is 11.3 Å². The van der Waals surface area contributed by atoms with E-state index in [0.29, 0.717) is 5.02 Å². The molecule has 0 bridgehead atoms. The van der Waals surface area contributed by atoms with E-state index < -0.39 is 0 Å². The number of fused-ring (bicyclic) bond motifs is 1. The van der Waals surface area contributed by atoms with Crippen molar-refractivity contribution in [2.24, 2.45) is 0 Å². The Hall–Kier alpha value is -1.68. The summed E-state index contributed by atoms with van der Waals surface area (Å²) >= 11 is 10.5. The molecule has 3 aromatic heterocycles. The highest BCUT2D eigenvalue weighted by Crippen LogP contribution is 2.35. The minimum atomic E-state index is 0.714. The SMILES string of the molecule is CN(C)c1nnc(Sc2nn3cc(-c4ccc(Cl)cc4)nc3s2)s1. The maximum atomic E-state index is 5.92. The molecule has 3 heterocycles. The highest BCUT2D eigenvalue weighted by molar-refractivity contribution is 8.02. The fraction of sp³-hybridized carbons (Fsp3) is 0.143. The van der Waals surface area contributed by atoms with Crippen LogP contribution in [-0.2, 0) is 0 Å². The first-order chi connectivity index (χ1) is 11.6. The highest BCUT2D eigenvalue weighted by atomic mass is 35.5. The largest absolute Gasteiger partial charge is 0.353 e. The Bertz CT molecular complexity index is 956. The Labute approximate surface area is 155 Å². The smallest absolute Gasteiger partial charge is 0.213 e. The Balaban J connectivity index is 1.58. The zero-order valence-corrected chi connectivity index (χ0v) is 15.9. The van der Waals surface area contributed by atoms with Crippen molar-refractivity contribution >= 4 is 56.1 Å². The first kappa shape index (κ1) is 15.8. The molecule has 0 atom stereocenters. The molecular weight excluding hydrogens is 384 g/mol. The summed E-state index contributed by atoms with van der Waals surface area (Å²) in [5.41, 5.74) is 1.90. The van der Waals surface area contributed by atoms with Crippen LogP contribution in [0.15, 0.2) is 39.1 Å². The molecule has 0 unspecified atom stereocenters. The average molecular weight is 395 g/mol. The Morgan fingerprint density at radius 2 is 1.88 bits per heavy atom. The second-order valence-electron chi connectivity index (χ2n) is 5.08. The second-order valence-corrected chi connectivity index (χ2v) is 8.92. The van der Waals surface area contributed by atoms with Crippen LogP contribution in [0.2, 0.25) is 5.02 Å². The molecule has 0 N–H and O–H groups in total. The van der Waals surface area contributed by atoms with Gasteiger partial charge in [-0.15, -0.1) is 15.3 Å². The van der Waals surface area contributed by atoms with Crippen LogP contribution in [-0.4, -0.2) is 38.9 Å². The molecule has 0 amide bonds. The molecule has 24 heavy (non-hydrogen) atoms. The van der Waals surface area contributed by atoms with Gasteiger partial charge in [0.15, 0.2) is 8.68 Å². The van der Waals surface area contributed by atoms with Gasteiger partial charge >= 0.3 is 0 Å². The second kappa shape index (κ2) is 6.32. The van der Waals surface area contributed by atoms with E-state index in [1.54, 1.807) is 15.9 Å². The molecule has 10 heteroatoms. The maximum Gasteiger partial charge on any atom is 0.213 e. The van der Waals surface area contributed by atoms with Crippen molar-refractivity contribution in [2.75, 3.05) is 19.0 Å². The Morgan fingerprint density at radius 3 is 2.54 bits per heavy atom. The van der Waals surface area contributed by atoms with Crippen LogP contribution in [0.3, 0.4) is 0 Å². The van der Waals surface area contributed by atoms with Crippen LogP contribution in [0, 0.1) is 0 Å². The van der Waals surface area contributed by atoms with Gasteiger partial charge in [-0.05, 0) is 23.9 Å². The third-order valence-corrected chi connectivity index (χ3v) is 6.48. The summed E-state index contributed by atoms with van der Waals surface area (Å²) in [7, 11) is 3.90. The Morgan fingerprint density at radius 1 is 1.08 bits per heavy atom. The first-order valence-electron chi connectivity index (χ1n) is 6.89. The van der Waals surface area contributed by atoms with Crippen molar-refractivity contribution in [2.45, 2.75) is 8.68 Å². The van der Waals surface area contributed by atoms with E-state index in [4.69, 9.17) is 11.6 Å². The number of nitrogens with zero attached hydrogens (tertiary/aromatic N) is 6. The Kier molecular flexibility index (Phi) is 4.17. The zero-order valence-electron chi connectivity index (χ0n) is 12.7. The highest BCUT2D eigenvalue weighted by Gasteiger charge is 2.13. The van der Waals surface area contributed by atoms with E-state index in [2.05, 4.69) is 20.3 Å². The molecule has 6 nitrogen and oxygen atoms in total. The summed E-state index contributed by atoms with van der Waals surface area (Å²) in [6.45, 7) is 0. The van der Waals surface area contributed by atoms with Crippen molar-refractivity contribution in [3.63, 3.8) is 0 Å². The standard InChI is InChI=1S/C14H11ClN6S3/c1-20(2)12-17-18-13(23-12)24-14-19-21-7-10(16-11(21)22-14)8-3-5-9(15)6-4-8/h3-7H,1-2H3. The van der Waals surface area contributed by atoms with Gasteiger partial charge in [-0.25, -0.2) is 9.50 Å².